The summed E-state index contributed by atoms with van der Waals surface area (Å²) in [5.41, 5.74) is 1.00. The number of nitrogens with zero attached hydrogens (tertiary/aromatic N) is 4. The van der Waals surface area contributed by atoms with Gasteiger partial charge in [0.15, 0.2) is 16.9 Å². The Kier molecular flexibility index (Phi) is 8.66. The summed E-state index contributed by atoms with van der Waals surface area (Å²) in [6, 6.07) is 9.49. The summed E-state index contributed by atoms with van der Waals surface area (Å²) >= 11 is 1.22. The molecule has 2 N–H and O–H groups in total. The lowest BCUT2D eigenvalue weighted by Crippen LogP contribution is -2.30. The van der Waals surface area contributed by atoms with Gasteiger partial charge in [-0.05, 0) is 24.3 Å². The lowest BCUT2D eigenvalue weighted by atomic mass is 10.1. The number of hydrogen-bond donors (Lipinski definition) is 2. The molecule has 198 valence electrons. The van der Waals surface area contributed by atoms with Crippen molar-refractivity contribution in [3.63, 3.8) is 0 Å². The van der Waals surface area contributed by atoms with Crippen molar-refractivity contribution in [3.05, 3.63) is 42.0 Å². The molecule has 3 aromatic rings. The average molecular weight is 549 g/mol. The monoisotopic (exact) mass is 548 g/mol. The molecule has 1 amide bonds. The van der Waals surface area contributed by atoms with Gasteiger partial charge in [-0.15, -0.1) is 0 Å². The molecule has 2 aromatic heterocycles. The molecule has 0 spiro atoms. The summed E-state index contributed by atoms with van der Waals surface area (Å²) in [6.45, 7) is 1.41. The van der Waals surface area contributed by atoms with Gasteiger partial charge in [0.2, 0.25) is 10.0 Å². The van der Waals surface area contributed by atoms with Gasteiger partial charge >= 0.3 is 0 Å². The Morgan fingerprint density at radius 1 is 1.24 bits per heavy atom. The van der Waals surface area contributed by atoms with Crippen LogP contribution in [0.2, 0.25) is 0 Å². The van der Waals surface area contributed by atoms with E-state index in [9.17, 15) is 13.2 Å². The van der Waals surface area contributed by atoms with Gasteiger partial charge in [0.25, 0.3) is 5.91 Å². The number of ether oxygens (including phenoxy) is 2. The topological polar surface area (TPSA) is 144 Å². The predicted molar refractivity (Wildman–Crippen MR) is 141 cm³/mol. The minimum absolute atomic E-state index is 0.0216. The van der Waals surface area contributed by atoms with E-state index in [1.807, 2.05) is 0 Å². The van der Waals surface area contributed by atoms with Crippen LogP contribution in [0.15, 0.2) is 46.4 Å². The molecule has 1 saturated heterocycles. The van der Waals surface area contributed by atoms with Gasteiger partial charge in [0.1, 0.15) is 16.2 Å². The highest BCUT2D eigenvalue weighted by molar-refractivity contribution is 7.89. The molecule has 0 unspecified atom stereocenters. The number of carbonyl (C=O) groups is 1. The number of methoxy groups -OCH3 is 1. The zero-order valence-electron chi connectivity index (χ0n) is 20.6. The van der Waals surface area contributed by atoms with Crippen LogP contribution in [0.1, 0.15) is 12.0 Å². The van der Waals surface area contributed by atoms with Crippen molar-refractivity contribution in [3.8, 4) is 0 Å². The average Bonchev–Trinajstić information content (AvgIpc) is 3.56. The number of rotatable bonds is 11. The van der Waals surface area contributed by atoms with Crippen LogP contribution in [0, 0.1) is 0 Å². The minimum Gasteiger partial charge on any atom is -0.389 e. The van der Waals surface area contributed by atoms with E-state index in [4.69, 9.17) is 14.3 Å². The lowest BCUT2D eigenvalue weighted by Gasteiger charge is -2.17. The molecule has 1 aromatic carbocycles. The van der Waals surface area contributed by atoms with Crippen LogP contribution in [0.5, 0.6) is 0 Å². The lowest BCUT2D eigenvalue weighted by molar-refractivity contribution is -0.110. The van der Waals surface area contributed by atoms with Gasteiger partial charge < -0.3 is 19.6 Å². The van der Waals surface area contributed by atoms with Crippen LogP contribution in [-0.4, -0.2) is 88.0 Å². The van der Waals surface area contributed by atoms with E-state index in [2.05, 4.69) is 25.8 Å². The van der Waals surface area contributed by atoms with E-state index in [-0.39, 0.29) is 29.9 Å². The fourth-order valence-corrected chi connectivity index (χ4v) is 5.41. The van der Waals surface area contributed by atoms with Crippen molar-refractivity contribution >= 4 is 54.3 Å². The van der Waals surface area contributed by atoms with E-state index in [1.165, 1.54) is 54.1 Å². The minimum atomic E-state index is -3.72. The number of benzene rings is 1. The zero-order valence-corrected chi connectivity index (χ0v) is 22.3. The van der Waals surface area contributed by atoms with Crippen LogP contribution in [-0.2, 0) is 29.1 Å². The van der Waals surface area contributed by atoms with Gasteiger partial charge in [-0.2, -0.15) is 4.31 Å². The Labute approximate surface area is 218 Å². The van der Waals surface area contributed by atoms with E-state index >= 15 is 0 Å². The van der Waals surface area contributed by atoms with Crippen molar-refractivity contribution in [2.24, 2.45) is 5.16 Å². The first kappa shape index (κ1) is 26.9. The second kappa shape index (κ2) is 11.9. The van der Waals surface area contributed by atoms with Gasteiger partial charge in [0.05, 0.1) is 24.7 Å². The molecule has 12 nitrogen and oxygen atoms in total. The van der Waals surface area contributed by atoms with E-state index < -0.39 is 15.9 Å². The zero-order chi connectivity index (χ0) is 26.4. The first-order chi connectivity index (χ1) is 17.8. The Morgan fingerprint density at radius 2 is 2.03 bits per heavy atom. The second-order valence-electron chi connectivity index (χ2n) is 8.12. The Balaban J connectivity index is 1.58. The van der Waals surface area contributed by atoms with Gasteiger partial charge in [-0.25, -0.2) is 18.4 Å². The van der Waals surface area contributed by atoms with E-state index in [0.29, 0.717) is 46.5 Å². The van der Waals surface area contributed by atoms with Crippen molar-refractivity contribution in [2.75, 3.05) is 58.2 Å². The maximum Gasteiger partial charge on any atom is 0.280 e. The predicted octanol–water partition coefficient (Wildman–Crippen LogP) is 2.15. The highest BCUT2D eigenvalue weighted by atomic mass is 32.2. The molecule has 14 heteroatoms. The fraction of sp³-hybridized carbons (Fsp3) is 0.391. The fourth-order valence-electron chi connectivity index (χ4n) is 3.42. The summed E-state index contributed by atoms with van der Waals surface area (Å²) in [6.07, 6.45) is 0.379. The molecule has 1 aliphatic rings. The highest BCUT2D eigenvalue weighted by Crippen LogP contribution is 2.26. The Morgan fingerprint density at radius 3 is 2.70 bits per heavy atom. The smallest absolute Gasteiger partial charge is 0.280 e. The largest absolute Gasteiger partial charge is 0.389 e. The normalized spacial score (nSPS) is 16.3. The quantitative estimate of drug-likeness (QED) is 0.272. The van der Waals surface area contributed by atoms with E-state index in [0.717, 1.165) is 0 Å². The number of thiazole rings is 1. The first-order valence-electron chi connectivity index (χ1n) is 11.5. The number of likely N-dealkylation sites (N-methyl/N-ethyl adjacent to an activating group) is 1. The van der Waals surface area contributed by atoms with Crippen LogP contribution in [0.25, 0.3) is 10.3 Å². The first-order valence-corrected chi connectivity index (χ1v) is 13.7. The van der Waals surface area contributed by atoms with Crippen LogP contribution in [0.4, 0.5) is 10.9 Å². The second-order valence-corrected chi connectivity index (χ2v) is 11.1. The molecule has 0 bridgehead atoms. The number of sulfonamides is 1. The molecule has 0 radical (unpaired) electrons. The molecule has 3 heterocycles. The van der Waals surface area contributed by atoms with Crippen molar-refractivity contribution in [2.45, 2.75) is 17.4 Å². The van der Waals surface area contributed by atoms with Crippen molar-refractivity contribution in [1.82, 2.24) is 14.3 Å². The maximum absolute atomic E-state index is 13.3. The number of amides is 1. The molecule has 1 atom stereocenters. The van der Waals surface area contributed by atoms with Crippen molar-refractivity contribution < 1.29 is 27.5 Å². The van der Waals surface area contributed by atoms with Gasteiger partial charge in [0, 0.05) is 39.7 Å². The third-order valence-corrected chi connectivity index (χ3v) is 8.33. The number of pyridine rings is 1. The van der Waals surface area contributed by atoms with Gasteiger partial charge in [-0.1, -0.05) is 28.6 Å². The number of anilines is 2. The molecule has 1 fully saturated rings. The van der Waals surface area contributed by atoms with Crippen LogP contribution >= 0.6 is 11.3 Å². The molecule has 37 heavy (non-hydrogen) atoms. The summed E-state index contributed by atoms with van der Waals surface area (Å²) in [7, 11) is 1.03. The molecule has 4 rings (SSSR count). The molecular weight excluding hydrogens is 520 g/mol. The third-order valence-electron chi connectivity index (χ3n) is 5.57. The summed E-state index contributed by atoms with van der Waals surface area (Å²) in [5.74, 6) is 0.131. The maximum atomic E-state index is 13.3. The third kappa shape index (κ3) is 6.40. The number of nitrogens with one attached hydrogen (secondary N) is 2. The van der Waals surface area contributed by atoms with Crippen molar-refractivity contribution in [1.29, 1.82) is 0 Å². The SMILES string of the molecule is CNc1ccc2nc(NC(=O)C(=NO[C@@H]3CCOC3)c3ccc(S(=O)(=O)N(C)CCOC)cc3)sc2n1. The van der Waals surface area contributed by atoms with Crippen LogP contribution in [0.3, 0.4) is 0 Å². The summed E-state index contributed by atoms with van der Waals surface area (Å²) in [4.78, 5) is 28.4. The number of carbonyl (C=O) groups excluding carboxylic acids is 1. The van der Waals surface area contributed by atoms with E-state index in [1.54, 1.807) is 19.2 Å². The number of oxime groups is 1. The molecular formula is C23H28N6O6S2. The number of aromatic nitrogens is 2. The molecule has 1 aliphatic heterocycles. The summed E-state index contributed by atoms with van der Waals surface area (Å²) in [5, 5.41) is 10.2. The molecule has 0 saturated carbocycles. The highest BCUT2D eigenvalue weighted by Gasteiger charge is 2.24. The molecule has 0 aliphatic carbocycles. The number of fused-ring (bicyclic) bond motifs is 1. The number of hydrogen-bond acceptors (Lipinski definition) is 11. The summed E-state index contributed by atoms with van der Waals surface area (Å²) < 4.78 is 37.1. The van der Waals surface area contributed by atoms with Crippen LogP contribution < -0.4 is 10.6 Å². The Bertz CT molecular complexity index is 1370. The standard InChI is InChI=1S/C23H28N6O6S2/c1-24-19-9-8-18-22(26-19)36-23(25-18)27-21(30)20(28-35-16-10-12-34-14-16)15-4-6-17(7-5-15)37(31,32)29(2)11-13-33-3/h4-9,16H,10-14H2,1-3H3,(H,24,26)(H,25,27,30)/t16-/m1/s1. The van der Waals surface area contributed by atoms with Gasteiger partial charge in [-0.3, -0.25) is 10.1 Å². The Hall–Kier alpha value is -3.17.